The summed E-state index contributed by atoms with van der Waals surface area (Å²) in [6, 6.07) is 31.6. The summed E-state index contributed by atoms with van der Waals surface area (Å²) in [6.07, 6.45) is 2.88. The minimum Gasteiger partial charge on any atom is -0.370 e. The van der Waals surface area contributed by atoms with Crippen LogP contribution in [0.4, 0.5) is 11.4 Å². The number of hydrogen-bond donors (Lipinski definition) is 4. The molecule has 0 radical (unpaired) electrons. The largest absolute Gasteiger partial charge is 0.370 e. The maximum absolute atomic E-state index is 13.3. The third kappa shape index (κ3) is 7.02. The minimum absolute atomic E-state index is 0.0148. The smallest absolute Gasteiger partial charge is 0.337 e. The molecule has 9 nitrogen and oxygen atoms in total. The second-order valence-electron chi connectivity index (χ2n) is 10.1. The topological polar surface area (TPSA) is 139 Å². The number of rotatable bonds is 10. The van der Waals surface area contributed by atoms with E-state index >= 15 is 0 Å². The molecule has 0 fully saturated rings. The van der Waals surface area contributed by atoms with Gasteiger partial charge in [0.15, 0.2) is 11.6 Å². The van der Waals surface area contributed by atoms with E-state index in [2.05, 4.69) is 45.3 Å². The molecular weight excluding hydrogens is 538 g/mol. The molecule has 9 heteroatoms. The van der Waals surface area contributed by atoms with Crippen molar-refractivity contribution in [3.63, 3.8) is 0 Å². The first-order chi connectivity index (χ1) is 20.9. The normalized spacial score (nSPS) is 13.7. The van der Waals surface area contributed by atoms with Crippen molar-refractivity contribution in [2.45, 2.75) is 25.8 Å². The summed E-state index contributed by atoms with van der Waals surface area (Å²) in [7, 11) is 0. The number of pyridine rings is 1. The van der Waals surface area contributed by atoms with Crippen molar-refractivity contribution in [3.8, 4) is 0 Å². The molecule has 0 bridgehead atoms. The average molecular weight is 573 g/mol. The second-order valence-corrected chi connectivity index (χ2v) is 10.1. The van der Waals surface area contributed by atoms with Gasteiger partial charge in [-0.05, 0) is 78.9 Å². The van der Waals surface area contributed by atoms with E-state index in [1.165, 1.54) is 0 Å². The number of hydrogen-bond acceptors (Lipinski definition) is 4. The highest BCUT2D eigenvalue weighted by Gasteiger charge is 2.33. The molecule has 0 saturated heterocycles. The molecular formula is C34H34N7O2+. The lowest BCUT2D eigenvalue weighted by Gasteiger charge is -2.18. The summed E-state index contributed by atoms with van der Waals surface area (Å²) < 4.78 is 2.09. The molecule has 0 spiro atoms. The molecule has 0 saturated carbocycles. The van der Waals surface area contributed by atoms with Crippen molar-refractivity contribution in [1.82, 2.24) is 5.32 Å². The Hall–Kier alpha value is -5.57. The molecule has 1 aliphatic rings. The van der Waals surface area contributed by atoms with E-state index in [1.807, 2.05) is 54.7 Å². The van der Waals surface area contributed by atoms with Crippen molar-refractivity contribution in [2.75, 3.05) is 11.9 Å². The first-order valence-corrected chi connectivity index (χ1v) is 14.1. The van der Waals surface area contributed by atoms with Crippen LogP contribution in [0.15, 0.2) is 119 Å². The number of aliphatic imine (C=N–C) groups is 2. The second kappa shape index (κ2) is 13.4. The van der Waals surface area contributed by atoms with Gasteiger partial charge in [0, 0.05) is 23.4 Å². The van der Waals surface area contributed by atoms with Crippen LogP contribution in [-0.2, 0) is 4.79 Å². The van der Waals surface area contributed by atoms with Gasteiger partial charge < -0.3 is 22.1 Å². The quantitative estimate of drug-likeness (QED) is 0.0975. The van der Waals surface area contributed by atoms with Crippen molar-refractivity contribution in [2.24, 2.45) is 21.5 Å². The van der Waals surface area contributed by atoms with Crippen LogP contribution in [0.5, 0.6) is 0 Å². The van der Waals surface area contributed by atoms with Crippen LogP contribution in [0.1, 0.15) is 41.4 Å². The molecule has 43 heavy (non-hydrogen) atoms. The standard InChI is InChI=1S/C34H33N7O2/c1-23-29-16-8-9-22-41(29)31(30(23)24-11-4-2-5-12-24)38-26-17-19-27(20-18-26)39-33(43)28(15-10-21-37-34(35)36)40-32(42)25-13-6-3-7-14-25/h2-9,11-14,16-20,22,28H,10,15,21H2,1H3,(H5,35,36,37,40,42)/p+1/t28-/m0/s1. The van der Waals surface area contributed by atoms with Crippen LogP contribution in [0, 0.1) is 0 Å². The first-order valence-electron chi connectivity index (χ1n) is 14.1. The van der Waals surface area contributed by atoms with Crippen molar-refractivity contribution < 1.29 is 14.2 Å². The summed E-state index contributed by atoms with van der Waals surface area (Å²) in [5.41, 5.74) is 17.1. The predicted octanol–water partition coefficient (Wildman–Crippen LogP) is 4.29. The lowest BCUT2D eigenvalue weighted by Crippen LogP contribution is -2.44. The van der Waals surface area contributed by atoms with Crippen LogP contribution < -0.4 is 26.7 Å². The zero-order chi connectivity index (χ0) is 30.2. The van der Waals surface area contributed by atoms with Crippen LogP contribution in [0.2, 0.25) is 0 Å². The zero-order valence-electron chi connectivity index (χ0n) is 23.9. The maximum Gasteiger partial charge on any atom is 0.337 e. The molecule has 1 aromatic heterocycles. The Morgan fingerprint density at radius 2 is 1.53 bits per heavy atom. The van der Waals surface area contributed by atoms with Crippen molar-refractivity contribution in [3.05, 3.63) is 126 Å². The number of allylic oxidation sites excluding steroid dienone is 2. The predicted molar refractivity (Wildman–Crippen MR) is 171 cm³/mol. The Labute approximate surface area is 250 Å². The number of aromatic nitrogens is 1. The third-order valence-electron chi connectivity index (χ3n) is 7.11. The van der Waals surface area contributed by atoms with E-state index < -0.39 is 6.04 Å². The third-order valence-corrected chi connectivity index (χ3v) is 7.11. The van der Waals surface area contributed by atoms with Gasteiger partial charge in [-0.15, -0.1) is 0 Å². The molecule has 4 aromatic rings. The van der Waals surface area contributed by atoms with Gasteiger partial charge in [0.2, 0.25) is 5.91 Å². The lowest BCUT2D eigenvalue weighted by atomic mass is 10.0. The maximum atomic E-state index is 13.3. The molecule has 5 rings (SSSR count). The van der Waals surface area contributed by atoms with Gasteiger partial charge in [0.25, 0.3) is 5.91 Å². The molecule has 3 aromatic carbocycles. The highest BCUT2D eigenvalue weighted by molar-refractivity contribution is 6.28. The Morgan fingerprint density at radius 3 is 2.23 bits per heavy atom. The fourth-order valence-corrected chi connectivity index (χ4v) is 4.98. The highest BCUT2D eigenvalue weighted by Crippen LogP contribution is 2.31. The molecule has 1 aliphatic heterocycles. The highest BCUT2D eigenvalue weighted by atomic mass is 16.2. The number of carbonyl (C=O) groups excluding carboxylic acids is 2. The van der Waals surface area contributed by atoms with Gasteiger partial charge in [0.05, 0.1) is 11.8 Å². The van der Waals surface area contributed by atoms with Crippen LogP contribution in [-0.4, -0.2) is 36.2 Å². The van der Waals surface area contributed by atoms with E-state index in [4.69, 9.17) is 16.5 Å². The fourth-order valence-electron chi connectivity index (χ4n) is 4.98. The Bertz CT molecular complexity index is 1690. The number of fused-ring (bicyclic) bond motifs is 1. The van der Waals surface area contributed by atoms with E-state index in [0.29, 0.717) is 30.6 Å². The molecule has 0 unspecified atom stereocenters. The van der Waals surface area contributed by atoms with E-state index in [9.17, 15) is 9.59 Å². The number of nitrogens with zero attached hydrogens (tertiary/aromatic N) is 3. The number of anilines is 1. The zero-order valence-corrected chi connectivity index (χ0v) is 23.9. The number of nitrogens with one attached hydrogen (secondary N) is 2. The van der Waals surface area contributed by atoms with E-state index in [1.54, 1.807) is 36.4 Å². The van der Waals surface area contributed by atoms with Gasteiger partial charge in [-0.3, -0.25) is 14.6 Å². The summed E-state index contributed by atoms with van der Waals surface area (Å²) in [5, 5.41) is 5.77. The SMILES string of the molecule is CC1=C(c2ccccc2)C(=Nc2ccc(NC(=O)[C@H](CCCN=C(N)N)NC(=O)c3ccccc3)cc2)[n+]2ccccc21. The fraction of sp³-hybridized carbons (Fsp3) is 0.147. The average Bonchev–Trinajstić information content (AvgIpc) is 3.31. The molecule has 6 N–H and O–H groups in total. The molecule has 1 atom stereocenters. The van der Waals surface area contributed by atoms with Crippen molar-refractivity contribution >= 4 is 46.1 Å². The van der Waals surface area contributed by atoms with Crippen LogP contribution in [0.3, 0.4) is 0 Å². The molecule has 2 amide bonds. The van der Waals surface area contributed by atoms with Gasteiger partial charge in [-0.25, -0.2) is 0 Å². The van der Waals surface area contributed by atoms with Gasteiger partial charge >= 0.3 is 5.84 Å². The van der Waals surface area contributed by atoms with Gasteiger partial charge in [0.1, 0.15) is 11.7 Å². The first kappa shape index (κ1) is 28.9. The number of amides is 2. The lowest BCUT2D eigenvalue weighted by molar-refractivity contribution is -0.553. The molecule has 216 valence electrons. The van der Waals surface area contributed by atoms with Gasteiger partial charge in [-0.1, -0.05) is 54.6 Å². The van der Waals surface area contributed by atoms with Crippen molar-refractivity contribution in [1.29, 1.82) is 0 Å². The molecule has 0 aliphatic carbocycles. The molecule has 2 heterocycles. The number of carbonyl (C=O) groups is 2. The Morgan fingerprint density at radius 1 is 0.860 bits per heavy atom. The minimum atomic E-state index is -0.783. The number of benzene rings is 3. The number of guanidine groups is 1. The summed E-state index contributed by atoms with van der Waals surface area (Å²) in [6.45, 7) is 2.46. The van der Waals surface area contributed by atoms with Crippen LogP contribution in [0.25, 0.3) is 11.1 Å². The van der Waals surface area contributed by atoms with E-state index in [0.717, 1.165) is 33.9 Å². The Kier molecular flexibility index (Phi) is 9.02. The van der Waals surface area contributed by atoms with E-state index in [-0.39, 0.29) is 17.8 Å². The Balaban J connectivity index is 1.34. The number of nitrogens with two attached hydrogens (primary N) is 2. The van der Waals surface area contributed by atoms with Gasteiger partial charge in [-0.2, -0.15) is 4.57 Å². The summed E-state index contributed by atoms with van der Waals surface area (Å²) in [5.74, 6) is 0.151. The summed E-state index contributed by atoms with van der Waals surface area (Å²) >= 11 is 0. The van der Waals surface area contributed by atoms with Crippen LogP contribution >= 0.6 is 0 Å². The summed E-state index contributed by atoms with van der Waals surface area (Å²) in [4.78, 5) is 35.1. The monoisotopic (exact) mass is 572 g/mol.